The van der Waals surface area contributed by atoms with Crippen molar-refractivity contribution in [2.45, 2.75) is 44.1 Å². The predicted molar refractivity (Wildman–Crippen MR) is 111 cm³/mol. The third kappa shape index (κ3) is 5.41. The van der Waals surface area contributed by atoms with Crippen molar-refractivity contribution in [3.05, 3.63) is 102 Å². The molecule has 0 aromatic heterocycles. The van der Waals surface area contributed by atoms with E-state index < -0.39 is 6.61 Å². The number of hydrogen-bond acceptors (Lipinski definition) is 1. The van der Waals surface area contributed by atoms with Crippen LogP contribution in [-0.2, 0) is 5.41 Å². The average molecular weight is 398 g/mol. The van der Waals surface area contributed by atoms with Gasteiger partial charge in [0.2, 0.25) is 0 Å². The molecule has 0 atom stereocenters. The fourth-order valence-electron chi connectivity index (χ4n) is 3.74. The van der Waals surface area contributed by atoms with Crippen LogP contribution in [-0.4, -0.2) is 6.61 Å². The van der Waals surface area contributed by atoms with Crippen molar-refractivity contribution in [2.24, 2.45) is 0 Å². The van der Waals surface area contributed by atoms with Crippen LogP contribution in [0.5, 0.6) is 5.75 Å². The predicted octanol–water partition coefficient (Wildman–Crippen LogP) is 7.32. The highest BCUT2D eigenvalue weighted by atomic mass is 19.3. The number of rotatable bonds is 8. The van der Waals surface area contributed by atoms with Gasteiger partial charge in [0.15, 0.2) is 0 Å². The van der Waals surface area contributed by atoms with E-state index in [9.17, 15) is 13.2 Å². The number of unbranched alkanes of at least 4 members (excludes halogenated alkanes) is 1. The molecule has 0 aliphatic heterocycles. The summed E-state index contributed by atoms with van der Waals surface area (Å²) in [5.74, 6) is -0.0906. The molecule has 0 heterocycles. The summed E-state index contributed by atoms with van der Waals surface area (Å²) in [6.07, 6.45) is 15.5. The van der Waals surface area contributed by atoms with Crippen molar-refractivity contribution in [2.75, 3.05) is 0 Å². The number of benzene rings is 2. The van der Waals surface area contributed by atoms with Gasteiger partial charge < -0.3 is 4.74 Å². The summed E-state index contributed by atoms with van der Waals surface area (Å²) >= 11 is 0. The van der Waals surface area contributed by atoms with Gasteiger partial charge in [-0.15, -0.1) is 0 Å². The molecule has 2 aromatic rings. The third-order valence-electron chi connectivity index (χ3n) is 5.25. The first-order valence-corrected chi connectivity index (χ1v) is 9.83. The van der Waals surface area contributed by atoms with Gasteiger partial charge in [0.25, 0.3) is 0 Å². The molecule has 29 heavy (non-hydrogen) atoms. The Morgan fingerprint density at radius 1 is 1.07 bits per heavy atom. The Kier molecular flexibility index (Phi) is 6.97. The van der Waals surface area contributed by atoms with Crippen molar-refractivity contribution in [1.82, 2.24) is 0 Å². The Morgan fingerprint density at radius 2 is 1.79 bits per heavy atom. The third-order valence-corrected chi connectivity index (χ3v) is 5.25. The zero-order chi connectivity index (χ0) is 20.7. The molecule has 152 valence electrons. The van der Waals surface area contributed by atoms with E-state index in [1.54, 1.807) is 24.3 Å². The van der Waals surface area contributed by atoms with Gasteiger partial charge in [-0.25, -0.2) is 4.39 Å². The molecule has 0 bridgehead atoms. The number of allylic oxidation sites excluding steroid dienone is 6. The molecule has 1 nitrogen and oxygen atoms in total. The van der Waals surface area contributed by atoms with Gasteiger partial charge in [-0.2, -0.15) is 8.78 Å². The highest BCUT2D eigenvalue weighted by Crippen LogP contribution is 2.39. The van der Waals surface area contributed by atoms with Gasteiger partial charge in [-0.3, -0.25) is 0 Å². The number of halogens is 3. The van der Waals surface area contributed by atoms with Gasteiger partial charge in [0.05, 0.1) is 0 Å². The maximum atomic E-state index is 13.6. The minimum Gasteiger partial charge on any atom is -0.435 e. The fourth-order valence-corrected chi connectivity index (χ4v) is 3.74. The van der Waals surface area contributed by atoms with Crippen LogP contribution in [0, 0.1) is 5.82 Å². The maximum absolute atomic E-state index is 13.6. The van der Waals surface area contributed by atoms with E-state index in [1.165, 1.54) is 6.07 Å². The first-order chi connectivity index (χ1) is 14.0. The minimum atomic E-state index is -2.84. The molecule has 2 aromatic carbocycles. The van der Waals surface area contributed by atoms with Gasteiger partial charge in [0, 0.05) is 11.3 Å². The van der Waals surface area contributed by atoms with Crippen molar-refractivity contribution in [1.29, 1.82) is 0 Å². The molecule has 0 radical (unpaired) electrons. The van der Waals surface area contributed by atoms with E-state index in [0.717, 1.165) is 30.4 Å². The quantitative estimate of drug-likeness (QED) is 0.334. The summed E-state index contributed by atoms with van der Waals surface area (Å²) in [4.78, 5) is 0. The molecule has 0 unspecified atom stereocenters. The standard InChI is InChI=1S/C25H25F3O/c1-2-3-4-5-15-25(21-9-11-23(12-10-21)29-24(27)28)16-13-19(14-17-25)20-7-6-8-22(26)18-20/h2-3,6-14,16-19,24H,4-5,15H2,1H3/b3-2+. The number of hydrogen-bond donors (Lipinski definition) is 0. The second-order valence-electron chi connectivity index (χ2n) is 7.20. The Bertz CT molecular complexity index is 867. The second kappa shape index (κ2) is 9.64. The van der Waals surface area contributed by atoms with Crippen LogP contribution in [0.15, 0.2) is 85.0 Å². The van der Waals surface area contributed by atoms with Crippen LogP contribution in [0.1, 0.15) is 43.2 Å². The molecule has 4 heteroatoms. The summed E-state index contributed by atoms with van der Waals surface area (Å²) in [6.45, 7) is -0.834. The summed E-state index contributed by atoms with van der Waals surface area (Å²) in [5.41, 5.74) is 1.60. The molecule has 0 spiro atoms. The monoisotopic (exact) mass is 398 g/mol. The van der Waals surface area contributed by atoms with Gasteiger partial charge >= 0.3 is 6.61 Å². The van der Waals surface area contributed by atoms with Crippen molar-refractivity contribution < 1.29 is 17.9 Å². The normalized spacial score (nSPS) is 21.2. The smallest absolute Gasteiger partial charge is 0.387 e. The van der Waals surface area contributed by atoms with E-state index in [1.807, 2.05) is 31.2 Å². The lowest BCUT2D eigenvalue weighted by molar-refractivity contribution is -0.0498. The fraction of sp³-hybridized carbons (Fsp3) is 0.280. The maximum Gasteiger partial charge on any atom is 0.387 e. The largest absolute Gasteiger partial charge is 0.435 e. The Morgan fingerprint density at radius 3 is 2.41 bits per heavy atom. The topological polar surface area (TPSA) is 9.23 Å². The number of alkyl halides is 2. The molecule has 3 rings (SSSR count). The Balaban J connectivity index is 1.85. The lowest BCUT2D eigenvalue weighted by Gasteiger charge is -2.32. The lowest BCUT2D eigenvalue weighted by atomic mass is 9.72. The highest BCUT2D eigenvalue weighted by Gasteiger charge is 2.29. The number of ether oxygens (including phenoxy) is 1. The molecule has 0 saturated heterocycles. The summed E-state index contributed by atoms with van der Waals surface area (Å²) in [7, 11) is 0. The SMILES string of the molecule is C/C=C/CCCC1(c2ccc(OC(F)F)cc2)C=CC(c2cccc(F)c2)C=C1. The van der Waals surface area contributed by atoms with E-state index >= 15 is 0 Å². The van der Waals surface area contributed by atoms with Crippen LogP contribution in [0.2, 0.25) is 0 Å². The molecule has 0 amide bonds. The van der Waals surface area contributed by atoms with Crippen LogP contribution in [0.25, 0.3) is 0 Å². The highest BCUT2D eigenvalue weighted by molar-refractivity contribution is 5.45. The first kappa shape index (κ1) is 21.0. The lowest BCUT2D eigenvalue weighted by Crippen LogP contribution is -2.23. The Hall–Kier alpha value is -2.75. The van der Waals surface area contributed by atoms with Gasteiger partial charge in [-0.1, -0.05) is 60.7 Å². The molecule has 0 saturated carbocycles. The van der Waals surface area contributed by atoms with E-state index in [-0.39, 0.29) is 22.9 Å². The minimum absolute atomic E-state index is 0.0100. The van der Waals surface area contributed by atoms with Crippen LogP contribution >= 0.6 is 0 Å². The molecule has 1 aliphatic rings. The van der Waals surface area contributed by atoms with Crippen molar-refractivity contribution in [3.63, 3.8) is 0 Å². The van der Waals surface area contributed by atoms with Crippen LogP contribution in [0.3, 0.4) is 0 Å². The molecular formula is C25H25F3O. The first-order valence-electron chi connectivity index (χ1n) is 9.83. The zero-order valence-electron chi connectivity index (χ0n) is 16.4. The summed E-state index contributed by atoms with van der Waals surface area (Å²) in [5, 5.41) is 0. The molecule has 0 fully saturated rings. The molecular weight excluding hydrogens is 373 g/mol. The average Bonchev–Trinajstić information content (AvgIpc) is 2.72. The van der Waals surface area contributed by atoms with E-state index in [4.69, 9.17) is 0 Å². The van der Waals surface area contributed by atoms with Crippen LogP contribution in [0.4, 0.5) is 13.2 Å². The Labute approximate surface area is 170 Å². The summed E-state index contributed by atoms with van der Waals surface area (Å²) < 4.78 is 43.0. The molecule has 1 aliphatic carbocycles. The van der Waals surface area contributed by atoms with Gasteiger partial charge in [0.1, 0.15) is 11.6 Å². The van der Waals surface area contributed by atoms with E-state index in [2.05, 4.69) is 35.1 Å². The second-order valence-corrected chi connectivity index (χ2v) is 7.20. The summed E-state index contributed by atoms with van der Waals surface area (Å²) in [6, 6.07) is 13.5. The van der Waals surface area contributed by atoms with Crippen molar-refractivity contribution in [3.8, 4) is 5.75 Å². The van der Waals surface area contributed by atoms with Crippen molar-refractivity contribution >= 4 is 0 Å². The zero-order valence-corrected chi connectivity index (χ0v) is 16.4. The van der Waals surface area contributed by atoms with Gasteiger partial charge in [-0.05, 0) is 61.6 Å². The molecule has 0 N–H and O–H groups in total. The van der Waals surface area contributed by atoms with Crippen LogP contribution < -0.4 is 4.74 Å². The van der Waals surface area contributed by atoms with E-state index in [0.29, 0.717) is 0 Å².